The lowest BCUT2D eigenvalue weighted by atomic mass is 9.88. The molecule has 0 N–H and O–H groups in total. The summed E-state index contributed by atoms with van der Waals surface area (Å²) < 4.78 is 0. The second kappa shape index (κ2) is 10.0. The zero-order chi connectivity index (χ0) is 14.8. The molecule has 0 aromatic heterocycles. The smallest absolute Gasteiger partial charge is 0.0162 e. The van der Waals surface area contributed by atoms with Gasteiger partial charge in [-0.15, -0.1) is 0 Å². The largest absolute Gasteiger partial charge is 0.0654 e. The third-order valence-electron chi connectivity index (χ3n) is 4.37. The van der Waals surface area contributed by atoms with E-state index in [1.54, 1.807) is 5.56 Å². The van der Waals surface area contributed by atoms with Gasteiger partial charge >= 0.3 is 0 Å². The van der Waals surface area contributed by atoms with E-state index in [1.165, 1.54) is 56.9 Å². The number of unbranched alkanes of at least 4 members (excludes halogenated alkanes) is 4. The van der Waals surface area contributed by atoms with Crippen molar-refractivity contribution >= 4 is 0 Å². The van der Waals surface area contributed by atoms with Gasteiger partial charge < -0.3 is 0 Å². The maximum absolute atomic E-state index is 2.38. The highest BCUT2D eigenvalue weighted by atomic mass is 14.2. The Hall–Kier alpha value is -0.780. The van der Waals surface area contributed by atoms with Gasteiger partial charge in [0.05, 0.1) is 0 Å². The lowest BCUT2D eigenvalue weighted by Crippen LogP contribution is -2.00. The van der Waals surface area contributed by atoms with Crippen LogP contribution in [0.3, 0.4) is 0 Å². The molecule has 0 nitrogen and oxygen atoms in total. The van der Waals surface area contributed by atoms with Crippen molar-refractivity contribution in [3.8, 4) is 0 Å². The van der Waals surface area contributed by atoms with Crippen molar-refractivity contribution in [2.24, 2.45) is 0 Å². The molecule has 114 valence electrons. The molecule has 0 saturated heterocycles. The highest BCUT2D eigenvalue weighted by molar-refractivity contribution is 5.27. The average molecular weight is 274 g/mol. The van der Waals surface area contributed by atoms with Gasteiger partial charge in [0.1, 0.15) is 0 Å². The summed E-state index contributed by atoms with van der Waals surface area (Å²) in [6, 6.07) is 9.42. The Morgan fingerprint density at radius 3 is 1.85 bits per heavy atom. The summed E-state index contributed by atoms with van der Waals surface area (Å²) in [6.45, 7) is 9.14. The molecule has 0 amide bonds. The van der Waals surface area contributed by atoms with Gasteiger partial charge in [-0.1, -0.05) is 90.5 Å². The van der Waals surface area contributed by atoms with Crippen molar-refractivity contribution in [3.63, 3.8) is 0 Å². The van der Waals surface area contributed by atoms with Crippen LogP contribution >= 0.6 is 0 Å². The highest BCUT2D eigenvalue weighted by Crippen LogP contribution is 2.28. The molecule has 1 unspecified atom stereocenters. The normalized spacial score (nSPS) is 12.8. The minimum Gasteiger partial charge on any atom is -0.0654 e. The molecule has 0 bridgehead atoms. The Labute approximate surface area is 127 Å². The summed E-state index contributed by atoms with van der Waals surface area (Å²) >= 11 is 0. The Morgan fingerprint density at radius 1 is 0.700 bits per heavy atom. The lowest BCUT2D eigenvalue weighted by molar-refractivity contribution is 0.516. The topological polar surface area (TPSA) is 0 Å². The molecule has 0 fully saturated rings. The van der Waals surface area contributed by atoms with Crippen LogP contribution in [0, 0.1) is 0 Å². The number of rotatable bonds is 10. The van der Waals surface area contributed by atoms with Gasteiger partial charge in [0.15, 0.2) is 0 Å². The fourth-order valence-electron chi connectivity index (χ4n) is 2.97. The Morgan fingerprint density at radius 2 is 1.30 bits per heavy atom. The van der Waals surface area contributed by atoms with E-state index in [1.807, 2.05) is 0 Å². The predicted octanol–water partition coefficient (Wildman–Crippen LogP) is 7.05. The first kappa shape index (κ1) is 17.3. The second-order valence-corrected chi connectivity index (χ2v) is 6.51. The molecular weight excluding hydrogens is 240 g/mol. The molecule has 0 saturated carbocycles. The first-order valence-corrected chi connectivity index (χ1v) is 8.78. The Kier molecular flexibility index (Phi) is 8.65. The van der Waals surface area contributed by atoms with Gasteiger partial charge in [0.25, 0.3) is 0 Å². The van der Waals surface area contributed by atoms with E-state index in [9.17, 15) is 0 Å². The standard InChI is InChI=1S/C20H34/c1-5-7-8-9-10-12-19(11-6-2)20-15-13-18(14-16-20)17(3)4/h13-17,19H,5-12H2,1-4H3. The first-order valence-electron chi connectivity index (χ1n) is 8.78. The van der Waals surface area contributed by atoms with Gasteiger partial charge in [-0.2, -0.15) is 0 Å². The van der Waals surface area contributed by atoms with Crippen molar-refractivity contribution in [2.75, 3.05) is 0 Å². The van der Waals surface area contributed by atoms with Crippen molar-refractivity contribution in [3.05, 3.63) is 35.4 Å². The van der Waals surface area contributed by atoms with Crippen LogP contribution in [-0.4, -0.2) is 0 Å². The predicted molar refractivity (Wildman–Crippen MR) is 91.6 cm³/mol. The average Bonchev–Trinajstić information content (AvgIpc) is 2.46. The fraction of sp³-hybridized carbons (Fsp3) is 0.700. The van der Waals surface area contributed by atoms with Crippen molar-refractivity contribution in [2.45, 2.75) is 90.9 Å². The fourth-order valence-corrected chi connectivity index (χ4v) is 2.97. The summed E-state index contributed by atoms with van der Waals surface area (Å²) in [5.41, 5.74) is 3.03. The molecular formula is C20H34. The number of hydrogen-bond acceptors (Lipinski definition) is 0. The quantitative estimate of drug-likeness (QED) is 0.401. The van der Waals surface area contributed by atoms with Crippen LogP contribution in [0.25, 0.3) is 0 Å². The van der Waals surface area contributed by atoms with Crippen molar-refractivity contribution in [1.29, 1.82) is 0 Å². The zero-order valence-electron chi connectivity index (χ0n) is 14.1. The van der Waals surface area contributed by atoms with Crippen LogP contribution in [0.2, 0.25) is 0 Å². The monoisotopic (exact) mass is 274 g/mol. The van der Waals surface area contributed by atoms with Crippen LogP contribution in [0.1, 0.15) is 102 Å². The molecule has 0 aliphatic rings. The maximum Gasteiger partial charge on any atom is -0.0162 e. The molecule has 0 spiro atoms. The van der Waals surface area contributed by atoms with E-state index in [2.05, 4.69) is 52.0 Å². The van der Waals surface area contributed by atoms with Gasteiger partial charge in [0.2, 0.25) is 0 Å². The molecule has 1 atom stereocenters. The van der Waals surface area contributed by atoms with E-state index >= 15 is 0 Å². The Bertz CT molecular complexity index is 334. The van der Waals surface area contributed by atoms with Crippen LogP contribution in [0.15, 0.2) is 24.3 Å². The third kappa shape index (κ3) is 6.11. The van der Waals surface area contributed by atoms with Crippen molar-refractivity contribution < 1.29 is 0 Å². The minimum atomic E-state index is 0.641. The molecule has 0 heterocycles. The van der Waals surface area contributed by atoms with E-state index < -0.39 is 0 Å². The minimum absolute atomic E-state index is 0.641. The molecule has 20 heavy (non-hydrogen) atoms. The summed E-state index contributed by atoms with van der Waals surface area (Å²) in [4.78, 5) is 0. The zero-order valence-corrected chi connectivity index (χ0v) is 14.1. The maximum atomic E-state index is 2.38. The number of hydrogen-bond donors (Lipinski definition) is 0. The second-order valence-electron chi connectivity index (χ2n) is 6.51. The highest BCUT2D eigenvalue weighted by Gasteiger charge is 2.10. The summed E-state index contributed by atoms with van der Waals surface area (Å²) in [5.74, 6) is 1.42. The molecule has 0 radical (unpaired) electrons. The Balaban J connectivity index is 2.51. The van der Waals surface area contributed by atoms with Gasteiger partial charge in [0, 0.05) is 0 Å². The molecule has 1 rings (SSSR count). The molecule has 0 aliphatic carbocycles. The van der Waals surface area contributed by atoms with E-state index in [0.29, 0.717) is 5.92 Å². The van der Waals surface area contributed by atoms with Crippen molar-refractivity contribution in [1.82, 2.24) is 0 Å². The summed E-state index contributed by atoms with van der Waals surface area (Å²) in [6.07, 6.45) is 11.0. The van der Waals surface area contributed by atoms with Crippen LogP contribution < -0.4 is 0 Å². The van der Waals surface area contributed by atoms with E-state index in [4.69, 9.17) is 0 Å². The first-order chi connectivity index (χ1) is 9.69. The van der Waals surface area contributed by atoms with Crippen LogP contribution in [0.5, 0.6) is 0 Å². The third-order valence-corrected chi connectivity index (χ3v) is 4.37. The van der Waals surface area contributed by atoms with E-state index in [0.717, 1.165) is 5.92 Å². The van der Waals surface area contributed by atoms with Gasteiger partial charge in [-0.3, -0.25) is 0 Å². The summed E-state index contributed by atoms with van der Waals surface area (Å²) in [7, 11) is 0. The van der Waals surface area contributed by atoms with Crippen LogP contribution in [0.4, 0.5) is 0 Å². The van der Waals surface area contributed by atoms with Gasteiger partial charge in [-0.05, 0) is 35.8 Å². The molecule has 0 heteroatoms. The number of benzene rings is 1. The molecule has 1 aromatic carbocycles. The van der Waals surface area contributed by atoms with E-state index in [-0.39, 0.29) is 0 Å². The molecule has 0 aliphatic heterocycles. The van der Waals surface area contributed by atoms with Crippen LogP contribution in [-0.2, 0) is 0 Å². The van der Waals surface area contributed by atoms with Gasteiger partial charge in [-0.25, -0.2) is 0 Å². The lowest BCUT2D eigenvalue weighted by Gasteiger charge is -2.17. The summed E-state index contributed by atoms with van der Waals surface area (Å²) in [5, 5.41) is 0. The molecule has 1 aromatic rings. The SMILES string of the molecule is CCCCCCCC(CCC)c1ccc(C(C)C)cc1.